The first-order valence-electron chi connectivity index (χ1n) is 12.4. The maximum Gasteiger partial charge on any atom is 0.411 e. The predicted octanol–water partition coefficient (Wildman–Crippen LogP) is 3.93. The zero-order valence-electron chi connectivity index (χ0n) is 20.6. The number of cyclic esters (lactones) is 1. The number of benzene rings is 1. The molecule has 2 aromatic heterocycles. The second-order valence-electron chi connectivity index (χ2n) is 9.36. The van der Waals surface area contributed by atoms with Crippen LogP contribution in [-0.2, 0) is 34.7 Å². The van der Waals surface area contributed by atoms with Gasteiger partial charge in [0.25, 0.3) is 5.56 Å². The highest BCUT2D eigenvalue weighted by atomic mass is 16.6. The topological polar surface area (TPSA) is 122 Å². The van der Waals surface area contributed by atoms with Gasteiger partial charge in [-0.2, -0.15) is 0 Å². The van der Waals surface area contributed by atoms with Gasteiger partial charge < -0.3 is 19.5 Å². The minimum Gasteiger partial charge on any atom is -0.465 e. The van der Waals surface area contributed by atoms with E-state index in [0.29, 0.717) is 42.1 Å². The van der Waals surface area contributed by atoms with Crippen LogP contribution in [0.2, 0.25) is 0 Å². The van der Waals surface area contributed by atoms with Gasteiger partial charge in [-0.3, -0.25) is 9.69 Å². The summed E-state index contributed by atoms with van der Waals surface area (Å²) in [5.41, 5.74) is 2.78. The number of pyridine rings is 2. The van der Waals surface area contributed by atoms with Crippen LogP contribution < -0.4 is 10.5 Å². The molecule has 0 saturated carbocycles. The number of aromatic nitrogens is 2. The van der Waals surface area contributed by atoms with Crippen molar-refractivity contribution in [3.8, 4) is 11.4 Å². The second kappa shape index (κ2) is 8.74. The van der Waals surface area contributed by atoms with Gasteiger partial charge in [-0.15, -0.1) is 0 Å². The molecular formula is C27H29N3O6. The number of carboxylic acid groups (broad SMARTS) is 1. The fourth-order valence-corrected chi connectivity index (χ4v) is 5.37. The van der Waals surface area contributed by atoms with Crippen LogP contribution in [-0.4, -0.2) is 38.4 Å². The highest BCUT2D eigenvalue weighted by molar-refractivity contribution is 5.94. The van der Waals surface area contributed by atoms with Crippen molar-refractivity contribution in [3.05, 3.63) is 56.9 Å². The number of rotatable bonds is 6. The Morgan fingerprint density at radius 3 is 2.64 bits per heavy atom. The number of ether oxygens (including phenoxy) is 1. The summed E-state index contributed by atoms with van der Waals surface area (Å²) in [6.07, 6.45) is 1.39. The summed E-state index contributed by atoms with van der Waals surface area (Å²) >= 11 is 0. The number of esters is 1. The molecule has 1 atom stereocenters. The van der Waals surface area contributed by atoms with Crippen LogP contribution in [0.15, 0.2) is 29.1 Å². The molecule has 188 valence electrons. The zero-order valence-corrected chi connectivity index (χ0v) is 20.6. The molecule has 0 aliphatic carbocycles. The fraction of sp³-hybridized carbons (Fsp3) is 0.407. The van der Waals surface area contributed by atoms with Gasteiger partial charge in [-0.25, -0.2) is 14.6 Å². The molecule has 0 radical (unpaired) electrons. The third-order valence-electron chi connectivity index (χ3n) is 7.42. The molecule has 0 spiro atoms. The molecule has 0 unspecified atom stereocenters. The van der Waals surface area contributed by atoms with Crippen molar-refractivity contribution in [1.29, 1.82) is 0 Å². The Hall–Kier alpha value is -3.72. The normalized spacial score (nSPS) is 17.9. The summed E-state index contributed by atoms with van der Waals surface area (Å²) in [7, 11) is 0. The number of unbranched alkanes of at least 4 members (excludes halogenated alkanes) is 1. The van der Waals surface area contributed by atoms with E-state index in [1.165, 1.54) is 4.90 Å². The lowest BCUT2D eigenvalue weighted by atomic mass is 9.86. The van der Waals surface area contributed by atoms with Gasteiger partial charge in [0.1, 0.15) is 6.61 Å². The highest BCUT2D eigenvalue weighted by Crippen LogP contribution is 2.40. The van der Waals surface area contributed by atoms with Gasteiger partial charge >= 0.3 is 12.1 Å². The standard InChI is InChI=1S/C27H29N3O6/c1-4-7-10-29(26(33)34)15-8-9-21-17(11-15)16(5-2)18-13-30-22(23(18)28-21)12-20-19(24(30)31)14-36-25(32)27(20,35)6-3/h8-9,11-12,35H,4-7,10,13-14H2,1-3H3,(H,33,34)/t27-/m0/s1. The maximum atomic E-state index is 13.5. The fourth-order valence-electron chi connectivity index (χ4n) is 5.37. The van der Waals surface area contributed by atoms with Gasteiger partial charge in [-0.05, 0) is 49.1 Å². The summed E-state index contributed by atoms with van der Waals surface area (Å²) < 4.78 is 6.77. The van der Waals surface area contributed by atoms with Crippen molar-refractivity contribution in [3.63, 3.8) is 0 Å². The summed E-state index contributed by atoms with van der Waals surface area (Å²) in [6.45, 7) is 6.26. The van der Waals surface area contributed by atoms with E-state index in [4.69, 9.17) is 9.72 Å². The third kappa shape index (κ3) is 3.41. The van der Waals surface area contributed by atoms with Crippen LogP contribution in [0.25, 0.3) is 22.3 Å². The Kier molecular flexibility index (Phi) is 5.83. The number of hydrogen-bond donors (Lipinski definition) is 2. The largest absolute Gasteiger partial charge is 0.465 e. The number of fused-ring (bicyclic) bond motifs is 5. The molecule has 1 aromatic carbocycles. The summed E-state index contributed by atoms with van der Waals surface area (Å²) in [5, 5.41) is 21.7. The smallest absolute Gasteiger partial charge is 0.411 e. The van der Waals surface area contributed by atoms with Gasteiger partial charge in [0.05, 0.1) is 29.0 Å². The lowest BCUT2D eigenvalue weighted by Crippen LogP contribution is -2.44. The predicted molar refractivity (Wildman–Crippen MR) is 134 cm³/mol. The van der Waals surface area contributed by atoms with E-state index in [-0.39, 0.29) is 29.7 Å². The number of hydrogen-bond acceptors (Lipinski definition) is 6. The van der Waals surface area contributed by atoms with E-state index >= 15 is 0 Å². The molecule has 0 bridgehead atoms. The Balaban J connectivity index is 1.70. The van der Waals surface area contributed by atoms with Gasteiger partial charge in [0, 0.05) is 28.7 Å². The molecule has 5 rings (SSSR count). The molecule has 4 heterocycles. The third-order valence-corrected chi connectivity index (χ3v) is 7.42. The Morgan fingerprint density at radius 2 is 1.97 bits per heavy atom. The van der Waals surface area contributed by atoms with Crippen LogP contribution in [0.1, 0.15) is 62.3 Å². The molecule has 2 N–H and O–H groups in total. The number of aryl methyl sites for hydroxylation is 1. The number of carbonyl (C=O) groups is 2. The van der Waals surface area contributed by atoms with Crippen molar-refractivity contribution in [2.75, 3.05) is 11.4 Å². The Bertz CT molecular complexity index is 1480. The van der Waals surface area contributed by atoms with Crippen LogP contribution in [0.3, 0.4) is 0 Å². The van der Waals surface area contributed by atoms with E-state index < -0.39 is 17.7 Å². The van der Waals surface area contributed by atoms with E-state index in [9.17, 15) is 24.6 Å². The van der Waals surface area contributed by atoms with Crippen molar-refractivity contribution < 1.29 is 24.5 Å². The molecule has 0 saturated heterocycles. The molecule has 1 amide bonds. The first-order chi connectivity index (χ1) is 17.2. The summed E-state index contributed by atoms with van der Waals surface area (Å²) in [4.78, 5) is 44.0. The minimum absolute atomic E-state index is 0.0842. The molecule has 9 heteroatoms. The van der Waals surface area contributed by atoms with E-state index in [0.717, 1.165) is 29.4 Å². The van der Waals surface area contributed by atoms with Crippen LogP contribution in [0.5, 0.6) is 0 Å². The summed E-state index contributed by atoms with van der Waals surface area (Å²) in [6, 6.07) is 7.14. The average molecular weight is 492 g/mol. The van der Waals surface area contributed by atoms with Crippen LogP contribution in [0.4, 0.5) is 10.5 Å². The van der Waals surface area contributed by atoms with Crippen molar-refractivity contribution in [2.24, 2.45) is 0 Å². The minimum atomic E-state index is -1.87. The van der Waals surface area contributed by atoms with Crippen molar-refractivity contribution >= 4 is 28.7 Å². The molecule has 2 aliphatic heterocycles. The van der Waals surface area contributed by atoms with E-state index in [1.54, 1.807) is 23.6 Å². The number of nitrogens with zero attached hydrogens (tertiary/aromatic N) is 3. The number of carbonyl (C=O) groups excluding carboxylic acids is 1. The van der Waals surface area contributed by atoms with Gasteiger partial charge in [0.15, 0.2) is 5.60 Å². The van der Waals surface area contributed by atoms with E-state index in [1.807, 2.05) is 26.0 Å². The number of aliphatic hydroxyl groups is 1. The van der Waals surface area contributed by atoms with Gasteiger partial charge in [0.2, 0.25) is 0 Å². The van der Waals surface area contributed by atoms with E-state index in [2.05, 4.69) is 0 Å². The average Bonchev–Trinajstić information content (AvgIpc) is 3.23. The molecule has 36 heavy (non-hydrogen) atoms. The SMILES string of the molecule is CCCCN(C(=O)O)c1ccc2nc3c(c(CC)c2c1)Cn1c-3cc2c(c1=O)COC(=O)[C@]2(O)CC. The van der Waals surface area contributed by atoms with Crippen LogP contribution in [0, 0.1) is 0 Å². The van der Waals surface area contributed by atoms with Gasteiger partial charge in [-0.1, -0.05) is 27.2 Å². The highest BCUT2D eigenvalue weighted by Gasteiger charge is 2.45. The maximum absolute atomic E-state index is 13.5. The number of anilines is 1. The molecule has 3 aromatic rings. The molecule has 0 fully saturated rings. The first-order valence-corrected chi connectivity index (χ1v) is 12.4. The molecule has 9 nitrogen and oxygen atoms in total. The van der Waals surface area contributed by atoms with Crippen molar-refractivity contribution in [1.82, 2.24) is 9.55 Å². The van der Waals surface area contributed by atoms with Crippen LogP contribution >= 0.6 is 0 Å². The summed E-state index contributed by atoms with van der Waals surface area (Å²) in [5.74, 6) is -0.751. The molecule has 2 aliphatic rings. The Labute approximate surface area is 207 Å². The lowest BCUT2D eigenvalue weighted by Gasteiger charge is -2.31. The quantitative estimate of drug-likeness (QED) is 0.392. The van der Waals surface area contributed by atoms with Crippen molar-refractivity contribution in [2.45, 2.75) is 65.2 Å². The lowest BCUT2D eigenvalue weighted by molar-refractivity contribution is -0.172. The zero-order chi connectivity index (χ0) is 25.8. The number of amides is 1. The monoisotopic (exact) mass is 491 g/mol. The molecular weight excluding hydrogens is 462 g/mol. The second-order valence-corrected chi connectivity index (χ2v) is 9.36. The first kappa shape index (κ1) is 24.0. The Morgan fingerprint density at radius 1 is 1.19 bits per heavy atom.